The predicted octanol–water partition coefficient (Wildman–Crippen LogP) is 5.25. The summed E-state index contributed by atoms with van der Waals surface area (Å²) in [5.41, 5.74) is 1.52. The number of alkyl halides is 3. The van der Waals surface area contributed by atoms with Crippen molar-refractivity contribution in [3.05, 3.63) is 72.8 Å². The average Bonchev–Trinajstić information content (AvgIpc) is 2.83. The van der Waals surface area contributed by atoms with Gasteiger partial charge < -0.3 is 14.6 Å². The van der Waals surface area contributed by atoms with E-state index in [2.05, 4.69) is 14.8 Å². The first-order valence-electron chi connectivity index (χ1n) is 11.0. The Balaban J connectivity index is 1.61. The van der Waals surface area contributed by atoms with Crippen LogP contribution in [0.3, 0.4) is 0 Å². The quantitative estimate of drug-likeness (QED) is 0.330. The molecule has 3 aromatic carbocycles. The van der Waals surface area contributed by atoms with Gasteiger partial charge in [-0.1, -0.05) is 38.1 Å². The van der Waals surface area contributed by atoms with Gasteiger partial charge in [0.2, 0.25) is 10.0 Å². The Morgan fingerprint density at radius 1 is 0.842 bits per heavy atom. The lowest BCUT2D eigenvalue weighted by Crippen LogP contribution is -2.44. The number of carboxylic acid groups (broad SMARTS) is 1. The number of anilines is 1. The highest BCUT2D eigenvalue weighted by atomic mass is 32.2. The average molecular weight is 553 g/mol. The molecule has 1 amide bonds. The van der Waals surface area contributed by atoms with Crippen LogP contribution < -0.4 is 19.5 Å². The molecule has 0 aromatic heterocycles. The fraction of sp³-hybridized carbons (Fsp3) is 0.200. The summed E-state index contributed by atoms with van der Waals surface area (Å²) in [6.45, 7) is 3.19. The summed E-state index contributed by atoms with van der Waals surface area (Å²) in [5.74, 6) is -1.98. The van der Waals surface area contributed by atoms with Crippen molar-refractivity contribution in [3.63, 3.8) is 0 Å². The summed E-state index contributed by atoms with van der Waals surface area (Å²) in [7, 11) is -4.06. The lowest BCUT2D eigenvalue weighted by molar-refractivity contribution is -0.274. The monoisotopic (exact) mass is 552 g/mol. The van der Waals surface area contributed by atoms with Crippen LogP contribution in [-0.2, 0) is 14.8 Å². The Labute approximate surface area is 216 Å². The van der Waals surface area contributed by atoms with E-state index in [-0.39, 0.29) is 16.3 Å². The normalized spacial score (nSPS) is 12.6. The van der Waals surface area contributed by atoms with E-state index in [0.29, 0.717) is 11.1 Å². The number of aliphatic carboxylic acids is 1. The molecule has 1 unspecified atom stereocenters. The molecule has 0 aliphatic rings. The number of ether oxygens (including phenoxy) is 2. The van der Waals surface area contributed by atoms with E-state index in [1.165, 1.54) is 36.4 Å². The summed E-state index contributed by atoms with van der Waals surface area (Å²) in [4.78, 5) is 23.3. The van der Waals surface area contributed by atoms with Crippen LogP contribution in [0.15, 0.2) is 77.7 Å². The van der Waals surface area contributed by atoms with E-state index < -0.39 is 46.2 Å². The van der Waals surface area contributed by atoms with Gasteiger partial charge in [-0.2, -0.15) is 4.72 Å². The van der Waals surface area contributed by atoms with Crippen molar-refractivity contribution >= 4 is 27.8 Å². The van der Waals surface area contributed by atoms with Crippen molar-refractivity contribution in [3.8, 4) is 22.6 Å². The molecule has 9 nitrogen and oxygen atoms in total. The third-order valence-corrected chi connectivity index (χ3v) is 6.57. The summed E-state index contributed by atoms with van der Waals surface area (Å²) in [5, 5.41) is 11.6. The molecule has 13 heteroatoms. The minimum absolute atomic E-state index is 0.0947. The van der Waals surface area contributed by atoms with Crippen LogP contribution >= 0.6 is 0 Å². The molecule has 3 rings (SSSR count). The SMILES string of the molecule is CC(C)C(NS(=O)(=O)c1ccc(-c2ccc(OC(=O)Nc3ccc(OC(F)(F)F)cc3)cc2)cc1)C(=O)O. The standard InChI is InChI=1S/C25H23F3N2O7S/c1-15(2)22(23(31)32)30-38(34,35)21-13-5-17(6-14-21)16-3-9-19(10-4-16)36-24(33)29-18-7-11-20(12-8-18)37-25(26,27)28/h3-15,22,30H,1-2H3,(H,29,33)(H,31,32). The molecule has 0 saturated carbocycles. The number of hydrogen-bond donors (Lipinski definition) is 3. The first kappa shape index (κ1) is 28.5. The van der Waals surface area contributed by atoms with Crippen molar-refractivity contribution in [1.82, 2.24) is 4.72 Å². The number of rotatable bonds is 9. The number of sulfonamides is 1. The Kier molecular flexibility index (Phi) is 8.63. The molecule has 0 spiro atoms. The number of hydrogen-bond acceptors (Lipinski definition) is 6. The van der Waals surface area contributed by atoms with Crippen LogP contribution in [0.2, 0.25) is 0 Å². The van der Waals surface area contributed by atoms with Gasteiger partial charge in [0.05, 0.1) is 4.90 Å². The number of amides is 1. The summed E-state index contributed by atoms with van der Waals surface area (Å²) < 4.78 is 72.9. The van der Waals surface area contributed by atoms with Gasteiger partial charge in [-0.05, 0) is 65.6 Å². The number of benzene rings is 3. The molecular weight excluding hydrogens is 529 g/mol. The van der Waals surface area contributed by atoms with E-state index in [9.17, 15) is 36.3 Å². The number of nitrogens with one attached hydrogen (secondary N) is 2. The molecule has 3 aromatic rings. The van der Waals surface area contributed by atoms with Crippen LogP contribution in [0.25, 0.3) is 11.1 Å². The lowest BCUT2D eigenvalue weighted by atomic mass is 10.1. The Hall–Kier alpha value is -4.10. The second kappa shape index (κ2) is 11.5. The van der Waals surface area contributed by atoms with Crippen molar-refractivity contribution in [2.24, 2.45) is 5.92 Å². The minimum Gasteiger partial charge on any atom is -0.480 e. The van der Waals surface area contributed by atoms with E-state index in [1.54, 1.807) is 38.1 Å². The molecule has 0 bridgehead atoms. The fourth-order valence-electron chi connectivity index (χ4n) is 3.24. The molecule has 0 aliphatic carbocycles. The van der Waals surface area contributed by atoms with Crippen molar-refractivity contribution in [2.75, 3.05) is 5.32 Å². The topological polar surface area (TPSA) is 131 Å². The molecule has 0 saturated heterocycles. The molecular formula is C25H23F3N2O7S. The molecule has 0 heterocycles. The maximum absolute atomic E-state index is 12.6. The van der Waals surface area contributed by atoms with Crippen LogP contribution in [0.5, 0.6) is 11.5 Å². The van der Waals surface area contributed by atoms with Gasteiger partial charge in [0.25, 0.3) is 0 Å². The van der Waals surface area contributed by atoms with E-state index in [0.717, 1.165) is 12.1 Å². The number of halogens is 3. The molecule has 1 atom stereocenters. The summed E-state index contributed by atoms with van der Waals surface area (Å²) in [6.07, 6.45) is -5.69. The second-order valence-electron chi connectivity index (χ2n) is 8.32. The summed E-state index contributed by atoms with van der Waals surface area (Å²) in [6, 6.07) is 15.3. The van der Waals surface area contributed by atoms with Gasteiger partial charge in [-0.25, -0.2) is 13.2 Å². The second-order valence-corrected chi connectivity index (χ2v) is 10.0. The van der Waals surface area contributed by atoms with Gasteiger partial charge in [0.1, 0.15) is 17.5 Å². The molecule has 202 valence electrons. The van der Waals surface area contributed by atoms with E-state index in [1.807, 2.05) is 0 Å². The third-order valence-electron chi connectivity index (χ3n) is 5.11. The van der Waals surface area contributed by atoms with Crippen molar-refractivity contribution in [2.45, 2.75) is 31.1 Å². The molecule has 3 N–H and O–H groups in total. The van der Waals surface area contributed by atoms with Crippen LogP contribution in [-0.4, -0.2) is 38.0 Å². The van der Waals surface area contributed by atoms with Gasteiger partial charge in [0, 0.05) is 5.69 Å². The van der Waals surface area contributed by atoms with Gasteiger partial charge in [-0.15, -0.1) is 13.2 Å². The highest BCUT2D eigenvalue weighted by molar-refractivity contribution is 7.89. The largest absolute Gasteiger partial charge is 0.573 e. The first-order valence-corrected chi connectivity index (χ1v) is 12.5. The smallest absolute Gasteiger partial charge is 0.480 e. The fourth-order valence-corrected chi connectivity index (χ4v) is 4.58. The van der Waals surface area contributed by atoms with Crippen LogP contribution in [0.4, 0.5) is 23.7 Å². The highest BCUT2D eigenvalue weighted by Gasteiger charge is 2.31. The van der Waals surface area contributed by atoms with Gasteiger partial charge in [-0.3, -0.25) is 10.1 Å². The Morgan fingerprint density at radius 2 is 1.34 bits per heavy atom. The molecule has 0 aliphatic heterocycles. The van der Waals surface area contributed by atoms with Crippen molar-refractivity contribution in [1.29, 1.82) is 0 Å². The van der Waals surface area contributed by atoms with Crippen LogP contribution in [0, 0.1) is 5.92 Å². The molecule has 0 radical (unpaired) electrons. The molecule has 0 fully saturated rings. The molecule has 38 heavy (non-hydrogen) atoms. The highest BCUT2D eigenvalue weighted by Crippen LogP contribution is 2.26. The third kappa shape index (κ3) is 7.95. The zero-order valence-corrected chi connectivity index (χ0v) is 20.8. The Bertz CT molecular complexity index is 1370. The predicted molar refractivity (Wildman–Crippen MR) is 131 cm³/mol. The summed E-state index contributed by atoms with van der Waals surface area (Å²) >= 11 is 0. The number of carbonyl (C=O) groups is 2. The maximum atomic E-state index is 12.6. The number of carbonyl (C=O) groups excluding carboxylic acids is 1. The first-order chi connectivity index (χ1) is 17.7. The Morgan fingerprint density at radius 3 is 1.82 bits per heavy atom. The zero-order valence-electron chi connectivity index (χ0n) is 20.0. The number of carboxylic acids is 1. The maximum Gasteiger partial charge on any atom is 0.573 e. The minimum atomic E-state index is -4.82. The van der Waals surface area contributed by atoms with E-state index >= 15 is 0 Å². The van der Waals surface area contributed by atoms with Crippen molar-refractivity contribution < 1.29 is 45.8 Å². The van der Waals surface area contributed by atoms with Gasteiger partial charge >= 0.3 is 18.4 Å². The lowest BCUT2D eigenvalue weighted by Gasteiger charge is -2.18. The van der Waals surface area contributed by atoms with Gasteiger partial charge in [0.15, 0.2) is 0 Å². The van der Waals surface area contributed by atoms with Crippen LogP contribution in [0.1, 0.15) is 13.8 Å². The zero-order chi connectivity index (χ0) is 28.1. The van der Waals surface area contributed by atoms with E-state index in [4.69, 9.17) is 4.74 Å².